The summed E-state index contributed by atoms with van der Waals surface area (Å²) in [6.07, 6.45) is 5.14. The minimum absolute atomic E-state index is 0.0507. The highest BCUT2D eigenvalue weighted by atomic mass is 19.1. The van der Waals surface area contributed by atoms with E-state index in [4.69, 9.17) is 4.74 Å². The Hall–Kier alpha value is -2.31. The first-order chi connectivity index (χ1) is 11.2. The van der Waals surface area contributed by atoms with Gasteiger partial charge in [-0.2, -0.15) is 9.78 Å². The third-order valence-electron chi connectivity index (χ3n) is 3.99. The number of nitrogens with zero attached hydrogens (tertiary/aromatic N) is 3. The van der Waals surface area contributed by atoms with E-state index in [1.165, 1.54) is 32.2 Å². The Morgan fingerprint density at radius 3 is 2.75 bits per heavy atom. The molecule has 0 unspecified atom stereocenters. The second kappa shape index (κ2) is 5.96. The van der Waals surface area contributed by atoms with Crippen LogP contribution in [-0.4, -0.2) is 26.5 Å². The molecule has 0 bridgehead atoms. The maximum absolute atomic E-state index is 13.9. The minimum atomic E-state index is -0.805. The zero-order valence-electron chi connectivity index (χ0n) is 13.8. The molecule has 2 aromatic rings. The van der Waals surface area contributed by atoms with Crippen molar-refractivity contribution in [3.63, 3.8) is 0 Å². The van der Waals surface area contributed by atoms with Crippen LogP contribution in [0.4, 0.5) is 13.6 Å². The molecule has 0 saturated heterocycles. The number of aryl methyl sites for hydroxylation is 1. The molecule has 0 aromatic carbocycles. The van der Waals surface area contributed by atoms with Gasteiger partial charge in [-0.1, -0.05) is 12.8 Å². The third-order valence-corrected chi connectivity index (χ3v) is 3.99. The summed E-state index contributed by atoms with van der Waals surface area (Å²) in [6, 6.07) is 0.770. The molecule has 0 radical (unpaired) electrons. The molecule has 2 heterocycles. The van der Waals surface area contributed by atoms with Crippen LogP contribution >= 0.6 is 0 Å². The fourth-order valence-electron chi connectivity index (χ4n) is 2.65. The summed E-state index contributed by atoms with van der Waals surface area (Å²) in [4.78, 5) is 16.1. The van der Waals surface area contributed by atoms with Gasteiger partial charge < -0.3 is 4.74 Å². The first-order valence-electron chi connectivity index (χ1n) is 7.86. The van der Waals surface area contributed by atoms with Gasteiger partial charge in [-0.3, -0.25) is 0 Å². The van der Waals surface area contributed by atoms with Crippen LogP contribution in [0.5, 0.6) is 0 Å². The molecule has 7 heteroatoms. The van der Waals surface area contributed by atoms with E-state index in [-0.39, 0.29) is 17.0 Å². The zero-order valence-corrected chi connectivity index (χ0v) is 13.8. The molecule has 0 N–H and O–H groups in total. The highest BCUT2D eigenvalue weighted by Gasteiger charge is 2.33. The summed E-state index contributed by atoms with van der Waals surface area (Å²) in [5.74, 6) is -0.911. The Labute approximate surface area is 138 Å². The van der Waals surface area contributed by atoms with E-state index >= 15 is 0 Å². The van der Waals surface area contributed by atoms with Crippen LogP contribution in [-0.2, 0) is 4.74 Å². The van der Waals surface area contributed by atoms with Crippen molar-refractivity contribution >= 4 is 6.09 Å². The number of ether oxygens (including phenoxy) is 1. The van der Waals surface area contributed by atoms with Gasteiger partial charge in [0.2, 0.25) is 0 Å². The lowest BCUT2D eigenvalue weighted by molar-refractivity contribution is 0.0277. The zero-order chi connectivity index (χ0) is 17.5. The second-order valence-electron chi connectivity index (χ2n) is 6.83. The summed E-state index contributed by atoms with van der Waals surface area (Å²) in [7, 11) is 0. The van der Waals surface area contributed by atoms with E-state index in [2.05, 4.69) is 10.1 Å². The fourth-order valence-corrected chi connectivity index (χ4v) is 2.65. The van der Waals surface area contributed by atoms with Gasteiger partial charge in [-0.05, 0) is 33.1 Å². The van der Waals surface area contributed by atoms with Gasteiger partial charge >= 0.3 is 6.09 Å². The molecule has 128 valence electrons. The van der Waals surface area contributed by atoms with Gasteiger partial charge in [0.1, 0.15) is 17.1 Å². The third kappa shape index (κ3) is 3.60. The lowest BCUT2D eigenvalue weighted by atomic mass is 10.0. The van der Waals surface area contributed by atoms with Crippen molar-refractivity contribution in [2.24, 2.45) is 5.92 Å². The first kappa shape index (κ1) is 16.5. The lowest BCUT2D eigenvalue weighted by Gasteiger charge is -2.24. The maximum atomic E-state index is 13.9. The van der Waals surface area contributed by atoms with Gasteiger partial charge in [-0.15, -0.1) is 0 Å². The average Bonchev–Trinajstić information content (AvgIpc) is 3.14. The molecule has 0 atom stereocenters. The van der Waals surface area contributed by atoms with Crippen LogP contribution in [0.1, 0.15) is 38.8 Å². The van der Waals surface area contributed by atoms with Crippen LogP contribution in [0.3, 0.4) is 0 Å². The van der Waals surface area contributed by atoms with Crippen molar-refractivity contribution < 1.29 is 18.3 Å². The second-order valence-corrected chi connectivity index (χ2v) is 6.83. The topological polar surface area (TPSA) is 57.0 Å². The molecule has 1 saturated carbocycles. The highest BCUT2D eigenvalue weighted by molar-refractivity contribution is 5.72. The van der Waals surface area contributed by atoms with E-state index in [1.54, 1.807) is 0 Å². The van der Waals surface area contributed by atoms with Gasteiger partial charge in [0.05, 0.1) is 11.9 Å². The van der Waals surface area contributed by atoms with Crippen molar-refractivity contribution in [3.8, 4) is 11.3 Å². The molecule has 2 aromatic heterocycles. The summed E-state index contributed by atoms with van der Waals surface area (Å²) in [6.45, 7) is 5.16. The lowest BCUT2D eigenvalue weighted by Crippen LogP contribution is -2.31. The molecule has 1 fully saturated rings. The molecule has 0 spiro atoms. The van der Waals surface area contributed by atoms with E-state index in [0.29, 0.717) is 5.92 Å². The van der Waals surface area contributed by atoms with E-state index in [9.17, 15) is 13.6 Å². The van der Waals surface area contributed by atoms with E-state index < -0.39 is 23.3 Å². The molecule has 1 aliphatic carbocycles. The maximum Gasteiger partial charge on any atom is 0.435 e. The van der Waals surface area contributed by atoms with Crippen LogP contribution < -0.4 is 0 Å². The average molecular weight is 335 g/mol. The van der Waals surface area contributed by atoms with E-state index in [0.717, 1.165) is 17.2 Å². The summed E-state index contributed by atoms with van der Waals surface area (Å²) in [5, 5.41) is 3.91. The van der Waals surface area contributed by atoms with Crippen LogP contribution in [0.2, 0.25) is 0 Å². The number of rotatable bonds is 4. The van der Waals surface area contributed by atoms with Crippen molar-refractivity contribution in [2.75, 3.05) is 0 Å². The normalized spacial score (nSPS) is 14.7. The molecule has 5 nitrogen and oxygen atoms in total. The van der Waals surface area contributed by atoms with Crippen molar-refractivity contribution in [2.45, 2.75) is 45.6 Å². The Bertz CT molecular complexity index is 782. The van der Waals surface area contributed by atoms with Crippen molar-refractivity contribution in [1.29, 1.82) is 0 Å². The molecule has 3 rings (SSSR count). The number of hydrogen-bond donors (Lipinski definition) is 0. The van der Waals surface area contributed by atoms with Crippen LogP contribution in [0.25, 0.3) is 11.3 Å². The molecule has 1 aliphatic rings. The Balaban J connectivity index is 1.77. The standard InChI is InChI=1S/C17H19F2N3O2/c1-10-13(18)6-14(19)15(21-10)12-8-20-22(9-12)16(23)24-17(2,3)7-11-4-5-11/h6,8-9,11H,4-5,7H2,1-3H3. The quantitative estimate of drug-likeness (QED) is 0.844. The molecule has 24 heavy (non-hydrogen) atoms. The minimum Gasteiger partial charge on any atom is -0.442 e. The fraction of sp³-hybridized carbons (Fsp3) is 0.471. The number of carbonyl (C=O) groups is 1. The largest absolute Gasteiger partial charge is 0.442 e. The van der Waals surface area contributed by atoms with Crippen molar-refractivity contribution in [3.05, 3.63) is 35.8 Å². The molecular formula is C17H19F2N3O2. The summed E-state index contributed by atoms with van der Waals surface area (Å²) in [5.41, 5.74) is -0.273. The molecular weight excluding hydrogens is 316 g/mol. The van der Waals surface area contributed by atoms with Gasteiger partial charge in [0, 0.05) is 17.8 Å². The van der Waals surface area contributed by atoms with Crippen LogP contribution in [0, 0.1) is 24.5 Å². The number of carbonyl (C=O) groups excluding carboxylic acids is 1. The van der Waals surface area contributed by atoms with Gasteiger partial charge in [-0.25, -0.2) is 18.6 Å². The number of aromatic nitrogens is 3. The van der Waals surface area contributed by atoms with E-state index in [1.807, 2.05) is 13.8 Å². The molecule has 0 aliphatic heterocycles. The number of hydrogen-bond acceptors (Lipinski definition) is 4. The monoisotopic (exact) mass is 335 g/mol. The van der Waals surface area contributed by atoms with Gasteiger partial charge in [0.25, 0.3) is 0 Å². The number of halogens is 2. The SMILES string of the molecule is Cc1nc(-c2cnn(C(=O)OC(C)(C)CC3CC3)c2)c(F)cc1F. The first-order valence-corrected chi connectivity index (χ1v) is 7.86. The van der Waals surface area contributed by atoms with Crippen molar-refractivity contribution in [1.82, 2.24) is 14.8 Å². The predicted octanol–water partition coefficient (Wildman–Crippen LogP) is 4.10. The van der Waals surface area contributed by atoms with Gasteiger partial charge in [0.15, 0.2) is 5.82 Å². The Kier molecular flexibility index (Phi) is 4.11. The summed E-state index contributed by atoms with van der Waals surface area (Å²) < 4.78 is 33.7. The Morgan fingerprint density at radius 2 is 2.08 bits per heavy atom. The smallest absolute Gasteiger partial charge is 0.435 e. The number of pyridine rings is 1. The highest BCUT2D eigenvalue weighted by Crippen LogP contribution is 2.38. The predicted molar refractivity (Wildman–Crippen MR) is 83.4 cm³/mol. The Morgan fingerprint density at radius 1 is 1.38 bits per heavy atom. The summed E-state index contributed by atoms with van der Waals surface area (Å²) >= 11 is 0. The molecule has 0 amide bonds. The van der Waals surface area contributed by atoms with Crippen LogP contribution in [0.15, 0.2) is 18.5 Å².